The maximum Gasteiger partial charge on any atom is 0.256 e. The van der Waals surface area contributed by atoms with Gasteiger partial charge in [0.1, 0.15) is 12.0 Å². The molecular weight excluding hydrogens is 290 g/mol. The molecule has 6 heteroatoms. The van der Waals surface area contributed by atoms with Crippen molar-refractivity contribution >= 4 is 23.8 Å². The van der Waals surface area contributed by atoms with Gasteiger partial charge in [-0.25, -0.2) is 9.97 Å². The Bertz CT molecular complexity index is 685. The van der Waals surface area contributed by atoms with E-state index < -0.39 is 0 Å². The maximum atomic E-state index is 12.3. The average Bonchev–Trinajstić information content (AvgIpc) is 2.57. The molecule has 23 heavy (non-hydrogen) atoms. The van der Waals surface area contributed by atoms with Gasteiger partial charge >= 0.3 is 0 Å². The number of aryl methyl sites for hydroxylation is 1. The van der Waals surface area contributed by atoms with Crippen LogP contribution in [0.3, 0.4) is 0 Å². The molecule has 2 rings (SSSR count). The highest BCUT2D eigenvalue weighted by molar-refractivity contribution is 6.05. The van der Waals surface area contributed by atoms with Crippen LogP contribution in [0.25, 0.3) is 0 Å². The van der Waals surface area contributed by atoms with Crippen molar-refractivity contribution in [1.82, 2.24) is 9.97 Å². The third-order valence-corrected chi connectivity index (χ3v) is 3.43. The average molecular weight is 311 g/mol. The topological polar surface area (TPSA) is 79.3 Å². The Balaban J connectivity index is 2.17. The van der Waals surface area contributed by atoms with Crippen LogP contribution in [-0.2, 0) is 0 Å². The van der Waals surface area contributed by atoms with Gasteiger partial charge in [-0.3, -0.25) is 9.79 Å². The van der Waals surface area contributed by atoms with Crippen molar-refractivity contribution in [2.45, 2.75) is 33.2 Å². The normalized spacial score (nSPS) is 12.1. The van der Waals surface area contributed by atoms with E-state index >= 15 is 0 Å². The molecule has 0 saturated carbocycles. The van der Waals surface area contributed by atoms with Crippen LogP contribution in [0.5, 0.6) is 0 Å². The molecule has 1 heterocycles. The molecule has 0 aliphatic carbocycles. The zero-order chi connectivity index (χ0) is 16.7. The lowest BCUT2D eigenvalue weighted by atomic mass is 10.2. The highest BCUT2D eigenvalue weighted by atomic mass is 16.1. The molecule has 0 fully saturated rings. The summed E-state index contributed by atoms with van der Waals surface area (Å²) >= 11 is 0. The summed E-state index contributed by atoms with van der Waals surface area (Å²) in [6.45, 7) is 5.95. The molecule has 0 saturated heterocycles. The first-order chi connectivity index (χ1) is 11.1. The van der Waals surface area contributed by atoms with Gasteiger partial charge in [0.05, 0.1) is 12.0 Å². The van der Waals surface area contributed by atoms with E-state index in [9.17, 15) is 4.79 Å². The summed E-state index contributed by atoms with van der Waals surface area (Å²) in [5, 5.41) is 5.88. The second kappa shape index (κ2) is 8.03. The standard InChI is InChI=1S/C17H21N5O/c1-4-12(2)18-10-20-15-13(3)19-11-21-16(15)22-17(23)14-8-6-5-7-9-14/h5-12H,4H2,1-3H3,(H,18,20)(H,19,21,22,23). The Morgan fingerprint density at radius 1 is 1.30 bits per heavy atom. The molecule has 2 aromatic rings. The van der Waals surface area contributed by atoms with Crippen molar-refractivity contribution < 1.29 is 4.79 Å². The minimum Gasteiger partial charge on any atom is -0.342 e. The molecule has 0 spiro atoms. The fourth-order valence-electron chi connectivity index (χ4n) is 1.84. The number of hydrogen-bond acceptors (Lipinski definition) is 4. The molecule has 120 valence electrons. The Hall–Kier alpha value is -2.76. The molecule has 0 radical (unpaired) electrons. The Morgan fingerprint density at radius 2 is 2.04 bits per heavy atom. The van der Waals surface area contributed by atoms with Gasteiger partial charge in [0.15, 0.2) is 5.82 Å². The third-order valence-electron chi connectivity index (χ3n) is 3.43. The number of anilines is 2. The summed E-state index contributed by atoms with van der Waals surface area (Å²) in [6.07, 6.45) is 4.00. The van der Waals surface area contributed by atoms with E-state index in [0.717, 1.165) is 12.1 Å². The zero-order valence-corrected chi connectivity index (χ0v) is 13.6. The smallest absolute Gasteiger partial charge is 0.256 e. The van der Waals surface area contributed by atoms with Gasteiger partial charge in [-0.1, -0.05) is 25.1 Å². The van der Waals surface area contributed by atoms with E-state index in [-0.39, 0.29) is 11.9 Å². The molecule has 1 aromatic heterocycles. The third kappa shape index (κ3) is 4.60. The van der Waals surface area contributed by atoms with Gasteiger partial charge in [0.25, 0.3) is 5.91 Å². The lowest BCUT2D eigenvalue weighted by Gasteiger charge is -2.11. The van der Waals surface area contributed by atoms with Crippen molar-refractivity contribution in [3.8, 4) is 0 Å². The zero-order valence-electron chi connectivity index (χ0n) is 13.6. The van der Waals surface area contributed by atoms with Gasteiger partial charge in [0.2, 0.25) is 0 Å². The molecule has 6 nitrogen and oxygen atoms in total. The molecule has 0 aliphatic heterocycles. The van der Waals surface area contributed by atoms with Crippen LogP contribution in [0.2, 0.25) is 0 Å². The molecule has 1 amide bonds. The van der Waals surface area contributed by atoms with Crippen LogP contribution in [0.4, 0.5) is 11.5 Å². The summed E-state index contributed by atoms with van der Waals surface area (Å²) in [5.74, 6) is 0.215. The highest BCUT2D eigenvalue weighted by Gasteiger charge is 2.12. The quantitative estimate of drug-likeness (QED) is 0.634. The van der Waals surface area contributed by atoms with E-state index in [2.05, 4.69) is 32.5 Å². The van der Waals surface area contributed by atoms with Crippen molar-refractivity contribution in [1.29, 1.82) is 0 Å². The molecular formula is C17H21N5O. The molecule has 2 N–H and O–H groups in total. The van der Waals surface area contributed by atoms with E-state index in [1.54, 1.807) is 18.5 Å². The summed E-state index contributed by atoms with van der Waals surface area (Å²) in [4.78, 5) is 24.9. The molecule has 1 unspecified atom stereocenters. The maximum absolute atomic E-state index is 12.3. The summed E-state index contributed by atoms with van der Waals surface area (Å²) in [7, 11) is 0. The SMILES string of the molecule is CCC(C)N=CNc1c(C)ncnc1NC(=O)c1ccccc1. The number of nitrogens with one attached hydrogen (secondary N) is 2. The van der Waals surface area contributed by atoms with Crippen LogP contribution >= 0.6 is 0 Å². The van der Waals surface area contributed by atoms with Gasteiger partial charge < -0.3 is 10.6 Å². The van der Waals surface area contributed by atoms with Gasteiger partial charge in [0, 0.05) is 11.6 Å². The van der Waals surface area contributed by atoms with E-state index in [0.29, 0.717) is 17.1 Å². The highest BCUT2D eigenvalue weighted by Crippen LogP contribution is 2.21. The largest absolute Gasteiger partial charge is 0.342 e. The number of aromatic nitrogens is 2. The van der Waals surface area contributed by atoms with E-state index in [4.69, 9.17) is 0 Å². The molecule has 1 atom stereocenters. The predicted octanol–water partition coefficient (Wildman–Crippen LogP) is 3.28. The number of nitrogens with zero attached hydrogens (tertiary/aromatic N) is 3. The summed E-state index contributed by atoms with van der Waals surface area (Å²) in [6, 6.07) is 9.23. The Labute approximate surface area is 136 Å². The first-order valence-electron chi connectivity index (χ1n) is 7.58. The first kappa shape index (κ1) is 16.6. The second-order valence-corrected chi connectivity index (χ2v) is 5.18. The minimum absolute atomic E-state index is 0.217. The minimum atomic E-state index is -0.217. The second-order valence-electron chi connectivity index (χ2n) is 5.18. The Morgan fingerprint density at radius 3 is 2.74 bits per heavy atom. The number of carbonyl (C=O) groups is 1. The molecule has 0 aliphatic rings. The number of rotatable bonds is 6. The van der Waals surface area contributed by atoms with Crippen LogP contribution in [0.15, 0.2) is 41.7 Å². The first-order valence-corrected chi connectivity index (χ1v) is 7.58. The van der Waals surface area contributed by atoms with Gasteiger partial charge in [-0.15, -0.1) is 0 Å². The lowest BCUT2D eigenvalue weighted by Crippen LogP contribution is -2.16. The van der Waals surface area contributed by atoms with Gasteiger partial charge in [-0.2, -0.15) is 0 Å². The Kier molecular flexibility index (Phi) is 5.80. The van der Waals surface area contributed by atoms with Crippen LogP contribution in [0.1, 0.15) is 36.3 Å². The number of benzene rings is 1. The summed E-state index contributed by atoms with van der Waals surface area (Å²) in [5.41, 5.74) is 1.95. The van der Waals surface area contributed by atoms with E-state index in [1.807, 2.05) is 32.0 Å². The number of aliphatic imine (C=N–C) groups is 1. The lowest BCUT2D eigenvalue weighted by molar-refractivity contribution is 0.102. The van der Waals surface area contributed by atoms with Gasteiger partial charge in [-0.05, 0) is 32.4 Å². The number of carbonyl (C=O) groups excluding carboxylic acids is 1. The molecule has 0 bridgehead atoms. The monoisotopic (exact) mass is 311 g/mol. The number of hydrogen-bond donors (Lipinski definition) is 2. The fraction of sp³-hybridized carbons (Fsp3) is 0.294. The number of amides is 1. The van der Waals surface area contributed by atoms with Crippen LogP contribution in [0, 0.1) is 6.92 Å². The van der Waals surface area contributed by atoms with E-state index in [1.165, 1.54) is 6.33 Å². The van der Waals surface area contributed by atoms with Crippen molar-refractivity contribution in [3.63, 3.8) is 0 Å². The van der Waals surface area contributed by atoms with Crippen LogP contribution in [-0.4, -0.2) is 28.3 Å². The predicted molar refractivity (Wildman–Crippen MR) is 93.0 cm³/mol. The summed E-state index contributed by atoms with van der Waals surface area (Å²) < 4.78 is 0. The molecule has 1 aromatic carbocycles. The van der Waals surface area contributed by atoms with Crippen molar-refractivity contribution in [3.05, 3.63) is 47.9 Å². The van der Waals surface area contributed by atoms with Crippen molar-refractivity contribution in [2.24, 2.45) is 4.99 Å². The fourth-order valence-corrected chi connectivity index (χ4v) is 1.84. The van der Waals surface area contributed by atoms with Crippen LogP contribution < -0.4 is 10.6 Å². The van der Waals surface area contributed by atoms with Crippen molar-refractivity contribution in [2.75, 3.05) is 10.6 Å².